The van der Waals surface area contributed by atoms with Gasteiger partial charge < -0.3 is 10.3 Å². The highest BCUT2D eigenvalue weighted by atomic mass is 32.1. The van der Waals surface area contributed by atoms with Gasteiger partial charge in [-0.15, -0.1) is 11.3 Å². The smallest absolute Gasteiger partial charge is 0.241 e. The maximum absolute atomic E-state index is 5.57. The first kappa shape index (κ1) is 16.7. The molecule has 0 atom stereocenters. The molecular weight excluding hydrogens is 350 g/mol. The fraction of sp³-hybridized carbons (Fsp3) is 0.294. The van der Waals surface area contributed by atoms with E-state index >= 15 is 0 Å². The first-order valence-electron chi connectivity index (χ1n) is 8.42. The molecule has 0 unspecified atom stereocenters. The number of nitrogen functional groups attached to an aromatic ring is 1. The summed E-state index contributed by atoms with van der Waals surface area (Å²) < 4.78 is 5.37. The van der Waals surface area contributed by atoms with Crippen molar-refractivity contribution in [2.24, 2.45) is 5.10 Å². The molecule has 26 heavy (non-hydrogen) atoms. The molecule has 4 rings (SSSR count). The van der Waals surface area contributed by atoms with Gasteiger partial charge in [-0.1, -0.05) is 29.4 Å². The molecule has 8 nitrogen and oxygen atoms in total. The number of rotatable bonds is 6. The highest BCUT2D eigenvalue weighted by Gasteiger charge is 2.16. The number of nitrogens with two attached hydrogens (primary N) is 1. The Morgan fingerprint density at radius 3 is 2.77 bits per heavy atom. The minimum absolute atomic E-state index is 0.487. The van der Waals surface area contributed by atoms with E-state index < -0.39 is 0 Å². The molecule has 9 heteroatoms. The van der Waals surface area contributed by atoms with E-state index in [1.807, 2.05) is 24.3 Å². The van der Waals surface area contributed by atoms with Crippen molar-refractivity contribution >= 4 is 28.5 Å². The summed E-state index contributed by atoms with van der Waals surface area (Å²) in [6.07, 6.45) is 4.21. The Balaban J connectivity index is 1.37. The third-order valence-corrected chi connectivity index (χ3v) is 4.86. The van der Waals surface area contributed by atoms with E-state index in [0.717, 1.165) is 30.8 Å². The summed E-state index contributed by atoms with van der Waals surface area (Å²) in [6.45, 7) is 2.94. The predicted molar refractivity (Wildman–Crippen MR) is 102 cm³/mol. The average molecular weight is 369 g/mol. The van der Waals surface area contributed by atoms with Crippen molar-refractivity contribution in [3.05, 3.63) is 41.1 Å². The third-order valence-electron chi connectivity index (χ3n) is 4.09. The number of benzene rings is 1. The fourth-order valence-corrected chi connectivity index (χ4v) is 3.33. The molecule has 0 aliphatic carbocycles. The Labute approximate surface area is 154 Å². The lowest BCUT2D eigenvalue weighted by Gasteiger charge is -2.09. The number of thiazole rings is 1. The molecule has 0 radical (unpaired) electrons. The molecule has 3 heterocycles. The summed E-state index contributed by atoms with van der Waals surface area (Å²) >= 11 is 1.41. The Hall–Kier alpha value is -2.78. The largest absolute Gasteiger partial charge is 0.383 e. The Kier molecular flexibility index (Phi) is 4.89. The van der Waals surface area contributed by atoms with Crippen LogP contribution in [0.1, 0.15) is 24.3 Å². The van der Waals surface area contributed by atoms with Crippen LogP contribution >= 0.6 is 11.3 Å². The van der Waals surface area contributed by atoms with Gasteiger partial charge >= 0.3 is 0 Å². The number of nitrogens with one attached hydrogen (secondary N) is 1. The zero-order valence-electron chi connectivity index (χ0n) is 14.1. The topological polar surface area (TPSA) is 105 Å². The maximum atomic E-state index is 5.57. The summed E-state index contributed by atoms with van der Waals surface area (Å²) in [6, 6.07) is 7.81. The quantitative estimate of drug-likeness (QED) is 0.508. The monoisotopic (exact) mass is 369 g/mol. The van der Waals surface area contributed by atoms with E-state index in [0.29, 0.717) is 22.7 Å². The van der Waals surface area contributed by atoms with E-state index in [9.17, 15) is 0 Å². The second kappa shape index (κ2) is 7.63. The standard InChI is InChI=1S/C17H19N7OS/c18-14-11-26-17(20-14)22-19-9-12-3-5-13(6-4-12)16-21-15(25-23-16)10-24-7-1-2-8-24/h3-6,9,11H,1-2,7-8,10,18H2,(H,20,22). The second-order valence-electron chi connectivity index (χ2n) is 6.06. The highest BCUT2D eigenvalue weighted by Crippen LogP contribution is 2.19. The van der Waals surface area contributed by atoms with E-state index in [-0.39, 0.29) is 0 Å². The van der Waals surface area contributed by atoms with Gasteiger partial charge in [0, 0.05) is 10.9 Å². The van der Waals surface area contributed by atoms with Crippen molar-refractivity contribution in [1.29, 1.82) is 0 Å². The van der Waals surface area contributed by atoms with Gasteiger partial charge in [0.15, 0.2) is 0 Å². The van der Waals surface area contributed by atoms with Gasteiger partial charge in [-0.3, -0.25) is 10.3 Å². The van der Waals surface area contributed by atoms with Crippen LogP contribution in [-0.4, -0.2) is 39.3 Å². The molecule has 134 valence electrons. The molecule has 1 fully saturated rings. The van der Waals surface area contributed by atoms with Crippen molar-refractivity contribution in [3.63, 3.8) is 0 Å². The molecule has 0 spiro atoms. The number of hydrazone groups is 1. The minimum atomic E-state index is 0.487. The van der Waals surface area contributed by atoms with Crippen LogP contribution in [0.5, 0.6) is 0 Å². The number of aromatic nitrogens is 3. The van der Waals surface area contributed by atoms with Crippen molar-refractivity contribution in [2.75, 3.05) is 24.2 Å². The molecule has 0 bridgehead atoms. The lowest BCUT2D eigenvalue weighted by atomic mass is 10.1. The van der Waals surface area contributed by atoms with Crippen LogP contribution in [-0.2, 0) is 6.54 Å². The van der Waals surface area contributed by atoms with Crippen molar-refractivity contribution in [1.82, 2.24) is 20.0 Å². The first-order valence-corrected chi connectivity index (χ1v) is 9.30. The molecule has 1 aromatic carbocycles. The van der Waals surface area contributed by atoms with Crippen LogP contribution in [0.4, 0.5) is 10.9 Å². The third kappa shape index (κ3) is 4.06. The molecule has 1 saturated heterocycles. The average Bonchev–Trinajstić information content (AvgIpc) is 3.39. The molecular formula is C17H19N7OS. The zero-order valence-corrected chi connectivity index (χ0v) is 14.9. The number of likely N-dealkylation sites (tertiary alicyclic amines) is 1. The van der Waals surface area contributed by atoms with Crippen LogP contribution in [0.2, 0.25) is 0 Å². The fourth-order valence-electron chi connectivity index (χ4n) is 2.79. The lowest BCUT2D eigenvalue weighted by Crippen LogP contribution is -2.18. The van der Waals surface area contributed by atoms with E-state index in [2.05, 4.69) is 30.6 Å². The van der Waals surface area contributed by atoms with Gasteiger partial charge in [0.25, 0.3) is 0 Å². The summed E-state index contributed by atoms with van der Waals surface area (Å²) in [5.74, 6) is 1.76. The maximum Gasteiger partial charge on any atom is 0.241 e. The van der Waals surface area contributed by atoms with Gasteiger partial charge in [-0.25, -0.2) is 4.98 Å². The normalized spacial score (nSPS) is 15.1. The Morgan fingerprint density at radius 2 is 2.04 bits per heavy atom. The molecule has 2 aromatic heterocycles. The number of hydrogen-bond acceptors (Lipinski definition) is 9. The first-order chi connectivity index (χ1) is 12.8. The van der Waals surface area contributed by atoms with Crippen molar-refractivity contribution in [3.8, 4) is 11.4 Å². The lowest BCUT2D eigenvalue weighted by molar-refractivity contribution is 0.268. The molecule has 1 aliphatic rings. The minimum Gasteiger partial charge on any atom is -0.383 e. The molecule has 3 N–H and O–H groups in total. The van der Waals surface area contributed by atoms with Crippen LogP contribution in [0, 0.1) is 0 Å². The number of hydrogen-bond donors (Lipinski definition) is 2. The highest BCUT2D eigenvalue weighted by molar-refractivity contribution is 7.14. The van der Waals surface area contributed by atoms with Crippen molar-refractivity contribution < 1.29 is 4.52 Å². The zero-order chi connectivity index (χ0) is 17.8. The van der Waals surface area contributed by atoms with E-state index in [1.165, 1.54) is 24.2 Å². The number of anilines is 2. The Morgan fingerprint density at radius 1 is 1.23 bits per heavy atom. The predicted octanol–water partition coefficient (Wildman–Crippen LogP) is 2.82. The number of nitrogens with zero attached hydrogens (tertiary/aromatic N) is 5. The molecule has 0 saturated carbocycles. The summed E-state index contributed by atoms with van der Waals surface area (Å²) in [5.41, 5.74) is 10.3. The van der Waals surface area contributed by atoms with Gasteiger partial charge in [-0.05, 0) is 31.5 Å². The van der Waals surface area contributed by atoms with Gasteiger partial charge in [-0.2, -0.15) is 10.1 Å². The molecule has 3 aromatic rings. The second-order valence-corrected chi connectivity index (χ2v) is 6.92. The molecule has 1 aliphatic heterocycles. The SMILES string of the molecule is Nc1csc(NN=Cc2ccc(-c3noc(CN4CCCC4)n3)cc2)n1. The van der Waals surface area contributed by atoms with Crippen LogP contribution in [0.25, 0.3) is 11.4 Å². The van der Waals surface area contributed by atoms with Gasteiger partial charge in [0.05, 0.1) is 12.8 Å². The van der Waals surface area contributed by atoms with Crippen LogP contribution in [0.3, 0.4) is 0 Å². The summed E-state index contributed by atoms with van der Waals surface area (Å²) in [5, 5.41) is 10.7. The van der Waals surface area contributed by atoms with Gasteiger partial charge in [0.2, 0.25) is 16.8 Å². The van der Waals surface area contributed by atoms with Crippen molar-refractivity contribution in [2.45, 2.75) is 19.4 Å². The molecule has 0 amide bonds. The van der Waals surface area contributed by atoms with Crippen LogP contribution < -0.4 is 11.2 Å². The summed E-state index contributed by atoms with van der Waals surface area (Å²) in [7, 11) is 0. The van der Waals surface area contributed by atoms with Gasteiger partial charge in [0.1, 0.15) is 5.82 Å². The van der Waals surface area contributed by atoms with E-state index in [1.54, 1.807) is 11.6 Å². The Bertz CT molecular complexity index is 881. The van der Waals surface area contributed by atoms with Crippen LogP contribution in [0.15, 0.2) is 39.3 Å². The van der Waals surface area contributed by atoms with E-state index in [4.69, 9.17) is 10.3 Å². The summed E-state index contributed by atoms with van der Waals surface area (Å²) in [4.78, 5) is 10.9.